The second-order valence-corrected chi connectivity index (χ2v) is 21.5. The van der Waals surface area contributed by atoms with Crippen LogP contribution in [0.3, 0.4) is 0 Å². The lowest BCUT2D eigenvalue weighted by Gasteiger charge is -2.46. The number of aryl methyl sites for hydroxylation is 1. The van der Waals surface area contributed by atoms with Crippen LogP contribution in [0.15, 0.2) is 117 Å². The summed E-state index contributed by atoms with van der Waals surface area (Å²) in [6.07, 6.45) is 2.45. The van der Waals surface area contributed by atoms with E-state index in [2.05, 4.69) is 74.3 Å². The van der Waals surface area contributed by atoms with Gasteiger partial charge < -0.3 is 23.6 Å². The van der Waals surface area contributed by atoms with Gasteiger partial charge in [-0.2, -0.15) is 0 Å². The number of benzene rings is 3. The Hall–Kier alpha value is -5.57. The van der Waals surface area contributed by atoms with Crippen molar-refractivity contribution in [2.45, 2.75) is 83.7 Å². The number of oxazole rings is 1. The molecule has 58 heavy (non-hydrogen) atoms. The molecule has 0 radical (unpaired) electrons. The highest BCUT2D eigenvalue weighted by Crippen LogP contribution is 2.39. The molecule has 1 aliphatic heterocycles. The number of aliphatic carboxylic acids is 1. The maximum absolute atomic E-state index is 14.4. The van der Waals surface area contributed by atoms with Crippen LogP contribution in [-0.4, -0.2) is 63.7 Å². The van der Waals surface area contributed by atoms with Crippen molar-refractivity contribution in [2.24, 2.45) is 0 Å². The fourth-order valence-electron chi connectivity index (χ4n) is 7.97. The van der Waals surface area contributed by atoms with Gasteiger partial charge in [-0.25, -0.2) is 23.9 Å². The fraction of sp³-hybridized carbons (Fsp3) is 0.341. The standard InChI is InChI=1S/C44H48N4O8SSi/c1-29-35-38(49)48(44(5,6)40(50)51)41(52)47(39(35)57-36(29)37-45-24-27-54-37)28-34(30-16-10-7-11-17-30)55-42(53)46-25-22-31(23-26-46)56-58(43(2,3)4,32-18-12-8-13-19-32)33-20-14-9-15-21-33/h7-21,24,27,31,34H,22-23,25-26,28H2,1-6H3,(H,50,51)/t34-/m0/s1. The minimum Gasteiger partial charge on any atom is -0.480 e. The van der Waals surface area contributed by atoms with Crippen molar-refractivity contribution < 1.29 is 28.3 Å². The third-order valence-corrected chi connectivity index (χ3v) is 17.5. The smallest absolute Gasteiger partial charge is 0.410 e. The summed E-state index contributed by atoms with van der Waals surface area (Å²) >= 11 is 1.14. The second kappa shape index (κ2) is 16.0. The summed E-state index contributed by atoms with van der Waals surface area (Å²) in [4.78, 5) is 61.8. The van der Waals surface area contributed by atoms with Crippen LogP contribution < -0.4 is 21.6 Å². The van der Waals surface area contributed by atoms with Crippen LogP contribution in [0.2, 0.25) is 5.04 Å². The van der Waals surface area contributed by atoms with Gasteiger partial charge in [-0.05, 0) is 60.2 Å². The topological polar surface area (TPSA) is 146 Å². The Labute approximate surface area is 341 Å². The fourth-order valence-corrected chi connectivity index (χ4v) is 14.0. The first-order valence-electron chi connectivity index (χ1n) is 19.4. The van der Waals surface area contributed by atoms with Crippen LogP contribution in [-0.2, 0) is 26.0 Å². The maximum atomic E-state index is 14.4. The van der Waals surface area contributed by atoms with Crippen molar-refractivity contribution in [3.63, 3.8) is 0 Å². The number of ether oxygens (including phenoxy) is 1. The molecule has 1 N–H and O–H groups in total. The minimum absolute atomic E-state index is 0.106. The maximum Gasteiger partial charge on any atom is 0.410 e. The zero-order chi connectivity index (χ0) is 41.4. The zero-order valence-corrected chi connectivity index (χ0v) is 35.3. The van der Waals surface area contributed by atoms with Crippen molar-refractivity contribution in [3.05, 3.63) is 135 Å². The van der Waals surface area contributed by atoms with Crippen molar-refractivity contribution in [1.82, 2.24) is 19.0 Å². The minimum atomic E-state index is -2.81. The molecule has 0 spiro atoms. The van der Waals surface area contributed by atoms with Crippen LogP contribution >= 0.6 is 11.3 Å². The summed E-state index contributed by atoms with van der Waals surface area (Å²) in [5, 5.41) is 12.5. The van der Waals surface area contributed by atoms with Gasteiger partial charge in [0.2, 0.25) is 5.89 Å². The molecular weight excluding hydrogens is 773 g/mol. The highest BCUT2D eigenvalue weighted by molar-refractivity contribution is 7.22. The molecule has 4 heterocycles. The molecule has 1 fully saturated rings. The highest BCUT2D eigenvalue weighted by Gasteiger charge is 2.51. The van der Waals surface area contributed by atoms with Crippen molar-refractivity contribution >= 4 is 52.3 Å². The van der Waals surface area contributed by atoms with E-state index in [9.17, 15) is 24.3 Å². The molecule has 6 aromatic rings. The number of amides is 1. The van der Waals surface area contributed by atoms with E-state index in [0.717, 1.165) is 15.9 Å². The van der Waals surface area contributed by atoms with E-state index in [1.807, 2.05) is 30.3 Å². The van der Waals surface area contributed by atoms with Crippen molar-refractivity contribution in [2.75, 3.05) is 13.1 Å². The quantitative estimate of drug-likeness (QED) is 0.138. The predicted molar refractivity (Wildman–Crippen MR) is 227 cm³/mol. The molecule has 3 aromatic carbocycles. The Balaban J connectivity index is 1.20. The summed E-state index contributed by atoms with van der Waals surface area (Å²) in [7, 11) is -2.81. The SMILES string of the molecule is Cc1c(-c2ncco2)sc2c1c(=O)n(C(C)(C)C(=O)O)c(=O)n2C[C@H](OC(=O)N1CCC(O[Si](c2ccccc2)(c2ccccc2)C(C)(C)C)CC1)c1ccccc1. The van der Waals surface area contributed by atoms with Crippen molar-refractivity contribution in [1.29, 1.82) is 0 Å². The Morgan fingerprint density at radius 2 is 1.48 bits per heavy atom. The molecule has 1 amide bonds. The van der Waals surface area contributed by atoms with Gasteiger partial charge in [-0.3, -0.25) is 9.36 Å². The third-order valence-electron chi connectivity index (χ3n) is 11.1. The first-order valence-corrected chi connectivity index (χ1v) is 22.1. The Morgan fingerprint density at radius 3 is 2.00 bits per heavy atom. The molecule has 0 unspecified atom stereocenters. The summed E-state index contributed by atoms with van der Waals surface area (Å²) < 4.78 is 21.3. The number of piperidine rings is 1. The van der Waals surface area contributed by atoms with Crippen LogP contribution in [0.25, 0.3) is 21.0 Å². The average Bonchev–Trinajstić information content (AvgIpc) is 3.87. The Kier molecular flexibility index (Phi) is 11.2. The molecular formula is C44H48N4O8SSi. The molecule has 0 saturated carbocycles. The molecule has 1 aliphatic rings. The lowest BCUT2D eigenvalue weighted by molar-refractivity contribution is -0.146. The normalized spacial score (nSPS) is 14.8. The molecule has 302 valence electrons. The highest BCUT2D eigenvalue weighted by atomic mass is 32.1. The Bertz CT molecular complexity index is 2480. The van der Waals surface area contributed by atoms with E-state index in [-0.39, 0.29) is 33.8 Å². The second-order valence-electron chi connectivity index (χ2n) is 16.2. The van der Waals surface area contributed by atoms with Gasteiger partial charge in [0, 0.05) is 19.2 Å². The van der Waals surface area contributed by atoms with E-state index < -0.39 is 43.3 Å². The van der Waals surface area contributed by atoms with Crippen LogP contribution in [0, 0.1) is 6.92 Å². The summed E-state index contributed by atoms with van der Waals surface area (Å²) in [6, 6.07) is 30.0. The predicted octanol–water partition coefficient (Wildman–Crippen LogP) is 6.93. The molecule has 1 atom stereocenters. The summed E-state index contributed by atoms with van der Waals surface area (Å²) in [5.41, 5.74) is -2.37. The van der Waals surface area contributed by atoms with Gasteiger partial charge in [0.05, 0.1) is 23.0 Å². The number of carbonyl (C=O) groups is 2. The molecule has 7 rings (SSSR count). The molecule has 3 aromatic heterocycles. The number of aromatic nitrogens is 3. The summed E-state index contributed by atoms with van der Waals surface area (Å²) in [6.45, 7) is 11.7. The largest absolute Gasteiger partial charge is 0.480 e. The first-order chi connectivity index (χ1) is 27.6. The zero-order valence-electron chi connectivity index (χ0n) is 33.5. The van der Waals surface area contributed by atoms with Crippen molar-refractivity contribution in [3.8, 4) is 10.8 Å². The Morgan fingerprint density at radius 1 is 0.914 bits per heavy atom. The first kappa shape index (κ1) is 40.6. The van der Waals surface area contributed by atoms with E-state index in [1.165, 1.54) is 41.2 Å². The van der Waals surface area contributed by atoms with E-state index in [1.54, 1.807) is 24.0 Å². The van der Waals surface area contributed by atoms with E-state index in [0.29, 0.717) is 41.9 Å². The number of carbonyl (C=O) groups excluding carboxylic acids is 1. The monoisotopic (exact) mass is 820 g/mol. The van der Waals surface area contributed by atoms with Gasteiger partial charge in [0.1, 0.15) is 22.7 Å². The molecule has 0 aliphatic carbocycles. The average molecular weight is 821 g/mol. The molecule has 14 heteroatoms. The number of rotatable bonds is 11. The van der Waals surface area contributed by atoms with Crippen LogP contribution in [0.1, 0.15) is 64.7 Å². The molecule has 12 nitrogen and oxygen atoms in total. The summed E-state index contributed by atoms with van der Waals surface area (Å²) in [5.74, 6) is -1.10. The van der Waals surface area contributed by atoms with Gasteiger partial charge >= 0.3 is 17.8 Å². The van der Waals surface area contributed by atoms with Crippen LogP contribution in [0.4, 0.5) is 4.79 Å². The number of thiophene rings is 1. The number of hydrogen-bond donors (Lipinski definition) is 1. The van der Waals surface area contributed by atoms with Gasteiger partial charge in [-0.1, -0.05) is 112 Å². The number of carboxylic acid groups (broad SMARTS) is 1. The molecule has 1 saturated heterocycles. The van der Waals surface area contributed by atoms with Gasteiger partial charge in [-0.15, -0.1) is 11.3 Å². The van der Waals surface area contributed by atoms with Gasteiger partial charge in [0.15, 0.2) is 0 Å². The molecule has 0 bridgehead atoms. The number of carboxylic acids is 1. The van der Waals surface area contributed by atoms with Crippen LogP contribution in [0.5, 0.6) is 0 Å². The van der Waals surface area contributed by atoms with E-state index >= 15 is 0 Å². The lowest BCUT2D eigenvalue weighted by atomic mass is 10.1. The number of likely N-dealkylation sites (tertiary alicyclic amines) is 1. The third kappa shape index (κ3) is 7.35. The number of nitrogens with zero attached hydrogens (tertiary/aromatic N) is 4. The van der Waals surface area contributed by atoms with E-state index in [4.69, 9.17) is 13.6 Å². The number of fused-ring (bicyclic) bond motifs is 1. The number of hydrogen-bond acceptors (Lipinski definition) is 9. The van der Waals surface area contributed by atoms with Gasteiger partial charge in [0.25, 0.3) is 13.9 Å². The lowest BCUT2D eigenvalue weighted by Crippen LogP contribution is -2.68.